The Labute approximate surface area is 237 Å². The van der Waals surface area contributed by atoms with Crippen LogP contribution in [0.15, 0.2) is 42.9 Å². The van der Waals surface area contributed by atoms with Gasteiger partial charge < -0.3 is 10.1 Å². The summed E-state index contributed by atoms with van der Waals surface area (Å²) in [7, 11) is 1.62. The van der Waals surface area contributed by atoms with Gasteiger partial charge in [0.25, 0.3) is 0 Å². The molecule has 4 aromatic rings. The van der Waals surface area contributed by atoms with Crippen LogP contribution in [0, 0.1) is 26.7 Å². The van der Waals surface area contributed by atoms with Crippen molar-refractivity contribution in [3.05, 3.63) is 75.0 Å². The Bertz CT molecular complexity index is 1300. The molecule has 0 saturated heterocycles. The predicted molar refractivity (Wildman–Crippen MR) is 155 cm³/mol. The van der Waals surface area contributed by atoms with Gasteiger partial charge in [-0.15, -0.1) is 10.2 Å². The first-order valence-electron chi connectivity index (χ1n) is 11.9. The van der Waals surface area contributed by atoms with Crippen LogP contribution in [0.2, 0.25) is 10.2 Å². The van der Waals surface area contributed by atoms with E-state index < -0.39 is 0 Å². The summed E-state index contributed by atoms with van der Waals surface area (Å²) in [4.78, 5) is 22.3. The molecule has 8 nitrogen and oxygen atoms in total. The third-order valence-corrected chi connectivity index (χ3v) is 6.54. The van der Waals surface area contributed by atoms with Crippen LogP contribution in [0.5, 0.6) is 5.75 Å². The van der Waals surface area contributed by atoms with Crippen molar-refractivity contribution in [2.24, 2.45) is 5.92 Å². The number of ether oxygens (including phenoxy) is 1. The maximum atomic E-state index is 9.81. The van der Waals surface area contributed by atoms with Crippen LogP contribution in [0.4, 0.5) is 5.13 Å². The van der Waals surface area contributed by atoms with Gasteiger partial charge in [0.15, 0.2) is 0 Å². The number of amides is 1. The van der Waals surface area contributed by atoms with Gasteiger partial charge in [0, 0.05) is 29.3 Å². The molecule has 4 heterocycles. The number of aryl methyl sites for hydroxylation is 3. The summed E-state index contributed by atoms with van der Waals surface area (Å²) < 4.78 is 5.31. The SMILES string of the molecule is CCC(C)Cc1ccc(Cl)cn1.COc1cnc(Cl)cc1-c1cc(C)ncc1C.Cc1nnc(NC=O)s1. The average molecular weight is 576 g/mol. The molecule has 0 aromatic carbocycles. The predicted octanol–water partition coefficient (Wildman–Crippen LogP) is 7.16. The second kappa shape index (κ2) is 16.0. The van der Waals surface area contributed by atoms with Crippen molar-refractivity contribution in [3.8, 4) is 16.9 Å². The molecular formula is C27H32Cl2N6O2S. The van der Waals surface area contributed by atoms with Crippen molar-refractivity contribution in [1.82, 2.24) is 25.1 Å². The number of nitrogens with one attached hydrogen (secondary N) is 1. The van der Waals surface area contributed by atoms with Gasteiger partial charge >= 0.3 is 0 Å². The molecule has 4 rings (SSSR count). The molecule has 0 fully saturated rings. The van der Waals surface area contributed by atoms with Gasteiger partial charge in [0.05, 0.1) is 18.3 Å². The van der Waals surface area contributed by atoms with Gasteiger partial charge in [-0.25, -0.2) is 4.98 Å². The summed E-state index contributed by atoms with van der Waals surface area (Å²) in [5.74, 6) is 1.42. The zero-order chi connectivity index (χ0) is 28.1. The minimum Gasteiger partial charge on any atom is -0.494 e. The first-order valence-corrected chi connectivity index (χ1v) is 13.5. The number of halogens is 2. The molecule has 0 spiro atoms. The molecule has 0 radical (unpaired) electrons. The number of methoxy groups -OCH3 is 1. The zero-order valence-corrected chi connectivity index (χ0v) is 24.7. The fourth-order valence-electron chi connectivity index (χ4n) is 3.14. The first-order chi connectivity index (χ1) is 18.2. The smallest absolute Gasteiger partial charge is 0.213 e. The van der Waals surface area contributed by atoms with Gasteiger partial charge in [0.2, 0.25) is 11.5 Å². The van der Waals surface area contributed by atoms with E-state index in [0.29, 0.717) is 33.4 Å². The average Bonchev–Trinajstić information content (AvgIpc) is 3.32. The Morgan fingerprint density at radius 1 is 1.03 bits per heavy atom. The second-order valence-electron chi connectivity index (χ2n) is 8.42. The largest absolute Gasteiger partial charge is 0.494 e. The maximum absolute atomic E-state index is 9.81. The van der Waals surface area contributed by atoms with E-state index in [9.17, 15) is 4.79 Å². The lowest BCUT2D eigenvalue weighted by molar-refractivity contribution is -0.105. The van der Waals surface area contributed by atoms with E-state index in [2.05, 4.69) is 44.3 Å². The van der Waals surface area contributed by atoms with Crippen LogP contribution in [-0.2, 0) is 11.2 Å². The highest BCUT2D eigenvalue weighted by Gasteiger charge is 2.10. The standard InChI is InChI=1S/C13H13ClN2O.C10H14ClN.C4H5N3OS/c1-8-6-15-9(2)4-10(8)11-5-13(14)16-7-12(11)17-3;1-3-8(2)6-10-5-4-9(11)7-12-10;1-3-6-7-4(9-3)5-2-8/h4-7H,1-3H3;4-5,7-8H,3,6H2,1-2H3;2H,1H3,(H,5,7,8). The van der Waals surface area contributed by atoms with E-state index in [1.807, 2.05) is 51.2 Å². The fraction of sp³-hybridized carbons (Fsp3) is 0.333. The molecule has 11 heteroatoms. The molecule has 1 atom stereocenters. The monoisotopic (exact) mass is 574 g/mol. The number of rotatable bonds is 7. The number of pyridine rings is 3. The molecule has 202 valence electrons. The third-order valence-electron chi connectivity index (χ3n) is 5.34. The summed E-state index contributed by atoms with van der Waals surface area (Å²) >= 11 is 13.0. The van der Waals surface area contributed by atoms with Crippen LogP contribution < -0.4 is 10.1 Å². The molecule has 0 aliphatic rings. The Morgan fingerprint density at radius 3 is 2.37 bits per heavy atom. The quantitative estimate of drug-likeness (QED) is 0.184. The first kappa shape index (κ1) is 31.1. The van der Waals surface area contributed by atoms with E-state index in [4.69, 9.17) is 27.9 Å². The fourth-order valence-corrected chi connectivity index (χ4v) is 3.96. The number of nitrogens with zero attached hydrogens (tertiary/aromatic N) is 5. The maximum Gasteiger partial charge on any atom is 0.213 e. The summed E-state index contributed by atoms with van der Waals surface area (Å²) in [5.41, 5.74) is 5.18. The van der Waals surface area contributed by atoms with Crippen molar-refractivity contribution in [1.29, 1.82) is 0 Å². The van der Waals surface area contributed by atoms with Crippen LogP contribution >= 0.6 is 34.5 Å². The van der Waals surface area contributed by atoms with Gasteiger partial charge in [0.1, 0.15) is 15.9 Å². The lowest BCUT2D eigenvalue weighted by atomic mass is 10.0. The molecule has 1 N–H and O–H groups in total. The van der Waals surface area contributed by atoms with E-state index in [1.165, 1.54) is 17.8 Å². The van der Waals surface area contributed by atoms with Gasteiger partial charge in [-0.3, -0.25) is 14.8 Å². The Hall–Kier alpha value is -3.14. The summed E-state index contributed by atoms with van der Waals surface area (Å²) in [6, 6.07) is 7.71. The summed E-state index contributed by atoms with van der Waals surface area (Å²) in [6.45, 7) is 10.2. The molecule has 0 aliphatic carbocycles. The Balaban J connectivity index is 0.000000212. The summed E-state index contributed by atoms with van der Waals surface area (Å²) in [5, 5.41) is 12.3. The van der Waals surface area contributed by atoms with Crippen LogP contribution in [0.1, 0.15) is 42.2 Å². The highest BCUT2D eigenvalue weighted by Crippen LogP contribution is 2.33. The highest BCUT2D eigenvalue weighted by atomic mass is 35.5. The molecule has 0 aliphatic heterocycles. The van der Waals surface area contributed by atoms with Crippen molar-refractivity contribution in [2.45, 2.75) is 47.5 Å². The molecule has 0 saturated carbocycles. The molecule has 1 unspecified atom stereocenters. The minimum atomic E-state index is 0.453. The normalized spacial score (nSPS) is 10.8. The van der Waals surface area contributed by atoms with Crippen molar-refractivity contribution in [2.75, 3.05) is 12.4 Å². The minimum absolute atomic E-state index is 0.453. The van der Waals surface area contributed by atoms with Gasteiger partial charge in [-0.05, 0) is 68.5 Å². The molecule has 4 aromatic heterocycles. The number of anilines is 1. The molecule has 38 heavy (non-hydrogen) atoms. The number of carbonyl (C=O) groups excluding carboxylic acids is 1. The van der Waals surface area contributed by atoms with Crippen LogP contribution in [-0.4, -0.2) is 38.7 Å². The van der Waals surface area contributed by atoms with E-state index in [-0.39, 0.29) is 0 Å². The Morgan fingerprint density at radius 2 is 1.79 bits per heavy atom. The molecule has 1 amide bonds. The lowest BCUT2D eigenvalue weighted by Crippen LogP contribution is -1.99. The van der Waals surface area contributed by atoms with Crippen LogP contribution in [0.25, 0.3) is 11.1 Å². The molecule has 0 bridgehead atoms. The highest BCUT2D eigenvalue weighted by molar-refractivity contribution is 7.15. The van der Waals surface area contributed by atoms with Crippen molar-refractivity contribution in [3.63, 3.8) is 0 Å². The lowest BCUT2D eigenvalue weighted by Gasteiger charge is -2.11. The topological polar surface area (TPSA) is 103 Å². The van der Waals surface area contributed by atoms with E-state index in [1.54, 1.807) is 19.5 Å². The van der Waals surface area contributed by atoms with E-state index >= 15 is 0 Å². The van der Waals surface area contributed by atoms with Crippen molar-refractivity contribution < 1.29 is 9.53 Å². The number of carbonyl (C=O) groups is 1. The van der Waals surface area contributed by atoms with Gasteiger partial charge in [-0.2, -0.15) is 0 Å². The van der Waals surface area contributed by atoms with Crippen LogP contribution in [0.3, 0.4) is 0 Å². The van der Waals surface area contributed by atoms with Crippen molar-refractivity contribution >= 4 is 46.1 Å². The second-order valence-corrected chi connectivity index (χ2v) is 10.4. The van der Waals surface area contributed by atoms with Gasteiger partial charge in [-0.1, -0.05) is 54.8 Å². The van der Waals surface area contributed by atoms with E-state index in [0.717, 1.165) is 39.5 Å². The zero-order valence-electron chi connectivity index (χ0n) is 22.3. The molecular weight excluding hydrogens is 543 g/mol. The number of hydrogen-bond acceptors (Lipinski definition) is 8. The number of aromatic nitrogens is 5. The Kier molecular flexibility index (Phi) is 13.1. The summed E-state index contributed by atoms with van der Waals surface area (Å²) in [6.07, 6.45) is 8.02. The third kappa shape index (κ3) is 10.3. The number of hydrogen-bond donors (Lipinski definition) is 1.